The third-order valence-corrected chi connectivity index (χ3v) is 10.2. The quantitative estimate of drug-likeness (QED) is 0.119. The molecule has 0 aromatic heterocycles. The maximum atomic E-state index is 14.7. The van der Waals surface area contributed by atoms with Gasteiger partial charge in [0.05, 0.1) is 31.9 Å². The van der Waals surface area contributed by atoms with Crippen molar-refractivity contribution in [1.29, 1.82) is 0 Å². The first-order valence-corrected chi connectivity index (χ1v) is 18.2. The van der Waals surface area contributed by atoms with Crippen LogP contribution in [0.15, 0.2) is 95.9 Å². The number of carbonyl (C=O) groups excluding carboxylic acids is 2. The number of sulfonamides is 1. The molecular weight excluding hydrogens is 701 g/mol. The van der Waals surface area contributed by atoms with Gasteiger partial charge in [-0.05, 0) is 60.0 Å². The van der Waals surface area contributed by atoms with Crippen molar-refractivity contribution in [2.24, 2.45) is 0 Å². The lowest BCUT2D eigenvalue weighted by Gasteiger charge is -2.34. The van der Waals surface area contributed by atoms with Crippen LogP contribution in [0.5, 0.6) is 17.2 Å². The smallest absolute Gasteiger partial charge is 0.265 e. The molecule has 4 rings (SSSR count). The standard InChI is InChI=1S/C37H41Cl2N3O7S/c1-5-6-20-40-37(44)32(21-26-10-8-7-9-11-26)41(24-27-12-14-28(38)15-13-27)36(43)25-42(31-22-29(39)16-18-33(31)47-2)50(45,46)30-17-19-34(48-3)35(23-30)49-4/h7-19,22-23,32H,5-6,20-21,24-25H2,1-4H3,(H,40,44). The van der Waals surface area contributed by atoms with Crippen LogP contribution in [0.1, 0.15) is 30.9 Å². The molecule has 0 heterocycles. The Morgan fingerprint density at radius 2 is 1.42 bits per heavy atom. The van der Waals surface area contributed by atoms with Gasteiger partial charge in [-0.2, -0.15) is 0 Å². The van der Waals surface area contributed by atoms with Gasteiger partial charge in [0.1, 0.15) is 18.3 Å². The maximum Gasteiger partial charge on any atom is 0.265 e. The topological polar surface area (TPSA) is 114 Å². The van der Waals surface area contributed by atoms with Gasteiger partial charge in [0, 0.05) is 35.6 Å². The number of ether oxygens (including phenoxy) is 3. The number of rotatable bonds is 17. The van der Waals surface area contributed by atoms with E-state index in [0.29, 0.717) is 22.9 Å². The van der Waals surface area contributed by atoms with Gasteiger partial charge in [0.25, 0.3) is 10.0 Å². The van der Waals surface area contributed by atoms with Gasteiger partial charge >= 0.3 is 0 Å². The van der Waals surface area contributed by atoms with Crippen molar-refractivity contribution in [3.05, 3.63) is 112 Å². The van der Waals surface area contributed by atoms with E-state index in [1.165, 1.54) is 56.6 Å². The summed E-state index contributed by atoms with van der Waals surface area (Å²) in [4.78, 5) is 29.9. The lowest BCUT2D eigenvalue weighted by atomic mass is 10.0. The minimum Gasteiger partial charge on any atom is -0.495 e. The van der Waals surface area contributed by atoms with Gasteiger partial charge in [-0.15, -0.1) is 0 Å². The lowest BCUT2D eigenvalue weighted by Crippen LogP contribution is -2.53. The van der Waals surface area contributed by atoms with E-state index >= 15 is 0 Å². The lowest BCUT2D eigenvalue weighted by molar-refractivity contribution is -0.140. The van der Waals surface area contributed by atoms with Gasteiger partial charge in [0.15, 0.2) is 11.5 Å². The Kier molecular flexibility index (Phi) is 13.8. The summed E-state index contributed by atoms with van der Waals surface area (Å²) in [6, 6.07) is 23.9. The van der Waals surface area contributed by atoms with E-state index in [4.69, 9.17) is 37.4 Å². The number of nitrogens with one attached hydrogen (secondary N) is 1. The zero-order valence-corrected chi connectivity index (χ0v) is 30.7. The highest BCUT2D eigenvalue weighted by Gasteiger charge is 2.36. The number of amides is 2. The van der Waals surface area contributed by atoms with Crippen LogP contribution in [0.25, 0.3) is 0 Å². The zero-order valence-electron chi connectivity index (χ0n) is 28.4. The zero-order chi connectivity index (χ0) is 36.3. The summed E-state index contributed by atoms with van der Waals surface area (Å²) < 4.78 is 46.3. The van der Waals surface area contributed by atoms with Crippen molar-refractivity contribution in [2.75, 3.05) is 38.7 Å². The van der Waals surface area contributed by atoms with Crippen LogP contribution in [0.4, 0.5) is 5.69 Å². The van der Waals surface area contributed by atoms with Crippen molar-refractivity contribution in [1.82, 2.24) is 10.2 Å². The van der Waals surface area contributed by atoms with E-state index in [1.807, 2.05) is 37.3 Å². The van der Waals surface area contributed by atoms with Gasteiger partial charge in [-0.3, -0.25) is 13.9 Å². The van der Waals surface area contributed by atoms with Crippen LogP contribution >= 0.6 is 23.2 Å². The van der Waals surface area contributed by atoms with Crippen molar-refractivity contribution >= 4 is 50.7 Å². The highest BCUT2D eigenvalue weighted by Crippen LogP contribution is 2.37. The van der Waals surface area contributed by atoms with E-state index in [0.717, 1.165) is 22.7 Å². The number of halogens is 2. The summed E-state index contributed by atoms with van der Waals surface area (Å²) in [5.41, 5.74) is 1.54. The number of anilines is 1. The molecule has 0 aliphatic heterocycles. The summed E-state index contributed by atoms with van der Waals surface area (Å²) in [6.45, 7) is 1.73. The second-order valence-electron chi connectivity index (χ2n) is 11.3. The molecule has 1 N–H and O–H groups in total. The molecular formula is C37H41Cl2N3O7S. The number of methoxy groups -OCH3 is 3. The summed E-state index contributed by atoms with van der Waals surface area (Å²) in [6.07, 6.45) is 1.80. The van der Waals surface area contributed by atoms with Crippen LogP contribution in [0.3, 0.4) is 0 Å². The van der Waals surface area contributed by atoms with E-state index in [1.54, 1.807) is 30.3 Å². The molecule has 50 heavy (non-hydrogen) atoms. The Morgan fingerprint density at radius 1 is 0.780 bits per heavy atom. The monoisotopic (exact) mass is 741 g/mol. The van der Waals surface area contributed by atoms with Crippen LogP contribution in [-0.2, 0) is 32.6 Å². The van der Waals surface area contributed by atoms with E-state index < -0.39 is 28.5 Å². The average molecular weight is 743 g/mol. The van der Waals surface area contributed by atoms with Crippen molar-refractivity contribution in [2.45, 2.75) is 43.7 Å². The Balaban J connectivity index is 1.86. The first kappa shape index (κ1) is 38.4. The molecule has 0 fully saturated rings. The molecule has 0 saturated carbocycles. The maximum absolute atomic E-state index is 14.7. The SMILES string of the molecule is CCCCNC(=O)C(Cc1ccccc1)N(Cc1ccc(Cl)cc1)C(=O)CN(c1cc(Cl)ccc1OC)S(=O)(=O)c1ccc(OC)c(OC)c1. The molecule has 1 unspecified atom stereocenters. The molecule has 4 aromatic carbocycles. The van der Waals surface area contributed by atoms with Crippen LogP contribution in [-0.4, -0.2) is 65.6 Å². The van der Waals surface area contributed by atoms with Gasteiger partial charge < -0.3 is 24.4 Å². The second kappa shape index (κ2) is 18.0. The predicted molar refractivity (Wildman–Crippen MR) is 196 cm³/mol. The number of hydrogen-bond donors (Lipinski definition) is 1. The Labute approximate surface area is 303 Å². The third kappa shape index (κ3) is 9.62. The van der Waals surface area contributed by atoms with E-state index in [2.05, 4.69) is 5.32 Å². The molecule has 13 heteroatoms. The molecule has 266 valence electrons. The number of hydrogen-bond acceptors (Lipinski definition) is 7. The number of nitrogens with zero attached hydrogens (tertiary/aromatic N) is 2. The fourth-order valence-corrected chi connectivity index (χ4v) is 7.05. The Bertz CT molecular complexity index is 1860. The highest BCUT2D eigenvalue weighted by atomic mass is 35.5. The molecule has 2 amide bonds. The van der Waals surface area contributed by atoms with Crippen molar-refractivity contribution < 1.29 is 32.2 Å². The van der Waals surface area contributed by atoms with E-state index in [-0.39, 0.29) is 46.0 Å². The number of benzene rings is 4. The third-order valence-electron chi connectivity index (χ3n) is 8.00. The predicted octanol–water partition coefficient (Wildman–Crippen LogP) is 6.77. The Morgan fingerprint density at radius 3 is 2.06 bits per heavy atom. The number of unbranched alkanes of at least 4 members (excludes halogenated alkanes) is 1. The van der Waals surface area contributed by atoms with Gasteiger partial charge in [-0.1, -0.05) is 79.0 Å². The largest absolute Gasteiger partial charge is 0.495 e. The second-order valence-corrected chi connectivity index (χ2v) is 14.1. The van der Waals surface area contributed by atoms with Gasteiger partial charge in [0.2, 0.25) is 11.8 Å². The Hall–Kier alpha value is -4.45. The molecule has 0 bridgehead atoms. The minimum atomic E-state index is -4.50. The summed E-state index contributed by atoms with van der Waals surface area (Å²) in [5, 5.41) is 3.70. The fourth-order valence-electron chi connectivity index (χ4n) is 5.32. The van der Waals surface area contributed by atoms with Crippen molar-refractivity contribution in [3.63, 3.8) is 0 Å². The molecule has 0 aliphatic carbocycles. The first-order valence-electron chi connectivity index (χ1n) is 16.0. The molecule has 1 atom stereocenters. The molecule has 0 aliphatic rings. The normalized spacial score (nSPS) is 11.7. The van der Waals surface area contributed by atoms with E-state index in [9.17, 15) is 18.0 Å². The summed E-state index contributed by atoms with van der Waals surface area (Å²) in [5.74, 6) is -0.346. The minimum absolute atomic E-state index is 0.00831. The summed E-state index contributed by atoms with van der Waals surface area (Å²) in [7, 11) is -0.279. The molecule has 0 saturated heterocycles. The van der Waals surface area contributed by atoms with Crippen LogP contribution in [0, 0.1) is 0 Å². The molecule has 0 spiro atoms. The van der Waals surface area contributed by atoms with Crippen LogP contribution in [0.2, 0.25) is 10.0 Å². The van der Waals surface area contributed by atoms with Crippen LogP contribution < -0.4 is 23.8 Å². The molecule has 0 radical (unpaired) electrons. The van der Waals surface area contributed by atoms with Crippen molar-refractivity contribution in [3.8, 4) is 17.2 Å². The molecule has 10 nitrogen and oxygen atoms in total. The molecule has 4 aromatic rings. The first-order chi connectivity index (χ1) is 24.0. The number of carbonyl (C=O) groups is 2. The van der Waals surface area contributed by atoms with Gasteiger partial charge in [-0.25, -0.2) is 8.42 Å². The average Bonchev–Trinajstić information content (AvgIpc) is 3.12. The highest BCUT2D eigenvalue weighted by molar-refractivity contribution is 7.92. The fraction of sp³-hybridized carbons (Fsp3) is 0.297. The summed E-state index contributed by atoms with van der Waals surface area (Å²) >= 11 is 12.6.